The zero-order chi connectivity index (χ0) is 15.5. The quantitative estimate of drug-likeness (QED) is 0.815. The Morgan fingerprint density at radius 1 is 1.67 bits per heavy atom. The number of aromatic amines is 1. The van der Waals surface area contributed by atoms with Gasteiger partial charge in [0.05, 0.1) is 18.1 Å². The van der Waals surface area contributed by atoms with E-state index in [1.54, 1.807) is 12.5 Å². The van der Waals surface area contributed by atoms with Crippen LogP contribution in [0.1, 0.15) is 45.7 Å². The Bertz CT molecular complexity index is 527. The fraction of sp³-hybridized carbons (Fsp3) is 0.667. The molecule has 1 amide bonds. The minimum Gasteiger partial charge on any atom is -0.444 e. The molecule has 1 aromatic heterocycles. The number of imidazole rings is 1. The predicted molar refractivity (Wildman–Crippen MR) is 77.5 cm³/mol. The molecule has 114 valence electrons. The summed E-state index contributed by atoms with van der Waals surface area (Å²) in [5.74, 6) is 0.336. The Hall–Kier alpha value is -2.03. The van der Waals surface area contributed by atoms with Crippen LogP contribution in [0.3, 0.4) is 0 Å². The molecule has 0 spiro atoms. The summed E-state index contributed by atoms with van der Waals surface area (Å²) in [6, 6.07) is 2.40. The molecular formula is C15H22N4O2. The van der Waals surface area contributed by atoms with Crippen molar-refractivity contribution in [1.82, 2.24) is 15.3 Å². The summed E-state index contributed by atoms with van der Waals surface area (Å²) in [4.78, 5) is 18.5. The van der Waals surface area contributed by atoms with Gasteiger partial charge in [-0.3, -0.25) is 0 Å². The number of alkyl carbamates (subject to hydrolysis) is 1. The first kappa shape index (κ1) is 15.4. The summed E-state index contributed by atoms with van der Waals surface area (Å²) >= 11 is 0. The van der Waals surface area contributed by atoms with Crippen molar-refractivity contribution in [2.75, 3.05) is 6.54 Å². The average Bonchev–Trinajstić information content (AvgIpc) is 2.83. The van der Waals surface area contributed by atoms with Gasteiger partial charge in [0.2, 0.25) is 0 Å². The van der Waals surface area contributed by atoms with Gasteiger partial charge in [0.15, 0.2) is 0 Å². The third-order valence-electron chi connectivity index (χ3n) is 3.68. The summed E-state index contributed by atoms with van der Waals surface area (Å²) in [6.45, 7) is 6.07. The van der Waals surface area contributed by atoms with E-state index >= 15 is 0 Å². The number of H-pyrrole nitrogens is 1. The molecule has 2 rings (SSSR count). The van der Waals surface area contributed by atoms with E-state index in [0.717, 1.165) is 25.0 Å². The van der Waals surface area contributed by atoms with Crippen LogP contribution >= 0.6 is 0 Å². The maximum absolute atomic E-state index is 11.5. The van der Waals surface area contributed by atoms with E-state index in [1.807, 2.05) is 20.8 Å². The maximum atomic E-state index is 11.5. The Balaban J connectivity index is 1.70. The second-order valence-corrected chi connectivity index (χ2v) is 6.52. The number of nitrogens with zero attached hydrogens (tertiary/aromatic N) is 2. The molecular weight excluding hydrogens is 268 g/mol. The first-order valence-corrected chi connectivity index (χ1v) is 7.24. The zero-order valence-electron chi connectivity index (χ0n) is 12.8. The minimum atomic E-state index is -0.475. The van der Waals surface area contributed by atoms with Crippen molar-refractivity contribution in [3.8, 4) is 6.07 Å². The van der Waals surface area contributed by atoms with Crippen LogP contribution in [0.5, 0.6) is 0 Å². The van der Waals surface area contributed by atoms with Gasteiger partial charge in [-0.2, -0.15) is 5.26 Å². The molecule has 2 atom stereocenters. The first-order chi connectivity index (χ1) is 9.87. The molecule has 0 aromatic carbocycles. The number of carbonyl (C=O) groups excluding carboxylic acids is 1. The number of ether oxygens (including phenoxy) is 1. The highest BCUT2D eigenvalue weighted by Crippen LogP contribution is 2.55. The molecule has 1 aliphatic carbocycles. The monoisotopic (exact) mass is 290 g/mol. The number of rotatable bonds is 5. The molecule has 21 heavy (non-hydrogen) atoms. The highest BCUT2D eigenvalue weighted by molar-refractivity contribution is 5.67. The standard InChI is InChI=1S/C15H22N4O2/c1-14(2,3)21-13(20)18-6-4-5-11-7-15(11,9-16)12-8-17-10-19-12/h8,10-11H,4-7H2,1-3H3,(H,17,19)(H,18,20)/t11-,15+/m1/s1. The minimum absolute atomic E-state index is 0.336. The third-order valence-corrected chi connectivity index (χ3v) is 3.68. The van der Waals surface area contributed by atoms with Crippen LogP contribution < -0.4 is 5.32 Å². The lowest BCUT2D eigenvalue weighted by atomic mass is 9.99. The number of hydrogen-bond acceptors (Lipinski definition) is 4. The lowest BCUT2D eigenvalue weighted by Gasteiger charge is -2.19. The summed E-state index contributed by atoms with van der Waals surface area (Å²) < 4.78 is 5.17. The van der Waals surface area contributed by atoms with Gasteiger partial charge in [0.25, 0.3) is 0 Å². The van der Waals surface area contributed by atoms with Crippen molar-refractivity contribution < 1.29 is 9.53 Å². The SMILES string of the molecule is CC(C)(C)OC(=O)NCCC[C@@H]1C[C@@]1(C#N)c1cnc[nH]1. The number of aromatic nitrogens is 2. The predicted octanol–water partition coefficient (Wildman–Crippen LogP) is 2.50. The highest BCUT2D eigenvalue weighted by atomic mass is 16.6. The van der Waals surface area contributed by atoms with Crippen molar-refractivity contribution in [2.24, 2.45) is 5.92 Å². The van der Waals surface area contributed by atoms with Crippen LogP contribution in [-0.2, 0) is 10.2 Å². The van der Waals surface area contributed by atoms with E-state index in [0.29, 0.717) is 12.5 Å². The molecule has 0 saturated heterocycles. The van der Waals surface area contributed by atoms with E-state index in [9.17, 15) is 10.1 Å². The van der Waals surface area contributed by atoms with Crippen LogP contribution in [0.4, 0.5) is 4.79 Å². The summed E-state index contributed by atoms with van der Waals surface area (Å²) in [5, 5.41) is 12.1. The fourth-order valence-electron chi connectivity index (χ4n) is 2.56. The molecule has 1 aliphatic rings. The summed E-state index contributed by atoms with van der Waals surface area (Å²) in [5.41, 5.74) is 0.0228. The van der Waals surface area contributed by atoms with Crippen molar-refractivity contribution in [3.05, 3.63) is 18.2 Å². The number of amides is 1. The fourth-order valence-corrected chi connectivity index (χ4v) is 2.56. The van der Waals surface area contributed by atoms with E-state index in [4.69, 9.17) is 4.74 Å². The van der Waals surface area contributed by atoms with E-state index in [-0.39, 0.29) is 0 Å². The van der Waals surface area contributed by atoms with Crippen LogP contribution in [0.25, 0.3) is 0 Å². The topological polar surface area (TPSA) is 90.8 Å². The molecule has 1 fully saturated rings. The second-order valence-electron chi connectivity index (χ2n) is 6.52. The molecule has 1 saturated carbocycles. The Morgan fingerprint density at radius 2 is 2.43 bits per heavy atom. The van der Waals surface area contributed by atoms with E-state index in [1.165, 1.54) is 0 Å². The first-order valence-electron chi connectivity index (χ1n) is 7.24. The van der Waals surface area contributed by atoms with Gasteiger partial charge < -0.3 is 15.0 Å². The van der Waals surface area contributed by atoms with Gasteiger partial charge in [0.1, 0.15) is 11.0 Å². The van der Waals surface area contributed by atoms with Gasteiger partial charge in [-0.1, -0.05) is 0 Å². The second kappa shape index (κ2) is 5.76. The Kier molecular flexibility index (Phi) is 4.21. The largest absolute Gasteiger partial charge is 0.444 e. The van der Waals surface area contributed by atoms with Gasteiger partial charge in [-0.15, -0.1) is 0 Å². The van der Waals surface area contributed by atoms with Crippen LogP contribution in [0.2, 0.25) is 0 Å². The molecule has 2 N–H and O–H groups in total. The zero-order valence-corrected chi connectivity index (χ0v) is 12.8. The normalized spacial score (nSPS) is 24.2. The van der Waals surface area contributed by atoms with E-state index < -0.39 is 17.1 Å². The van der Waals surface area contributed by atoms with Gasteiger partial charge in [-0.05, 0) is 46.0 Å². The van der Waals surface area contributed by atoms with Crippen molar-refractivity contribution in [2.45, 2.75) is 51.0 Å². The molecule has 1 aromatic rings. The van der Waals surface area contributed by atoms with Gasteiger partial charge >= 0.3 is 6.09 Å². The number of nitrogens with one attached hydrogen (secondary N) is 2. The lowest BCUT2D eigenvalue weighted by Crippen LogP contribution is -2.33. The molecule has 6 heteroatoms. The lowest BCUT2D eigenvalue weighted by molar-refractivity contribution is 0.0527. The Morgan fingerprint density at radius 3 is 3.00 bits per heavy atom. The van der Waals surface area contributed by atoms with Gasteiger partial charge in [0, 0.05) is 12.7 Å². The molecule has 6 nitrogen and oxygen atoms in total. The average molecular weight is 290 g/mol. The Labute approximate surface area is 124 Å². The van der Waals surface area contributed by atoms with Crippen molar-refractivity contribution in [1.29, 1.82) is 5.26 Å². The summed E-state index contributed by atoms with van der Waals surface area (Å²) in [6.07, 6.45) is 5.54. The van der Waals surface area contributed by atoms with Crippen LogP contribution in [-0.4, -0.2) is 28.2 Å². The van der Waals surface area contributed by atoms with Crippen LogP contribution in [0.15, 0.2) is 12.5 Å². The summed E-state index contributed by atoms with van der Waals surface area (Å²) in [7, 11) is 0. The number of nitriles is 1. The van der Waals surface area contributed by atoms with E-state index in [2.05, 4.69) is 21.4 Å². The third kappa shape index (κ3) is 3.75. The van der Waals surface area contributed by atoms with Crippen molar-refractivity contribution >= 4 is 6.09 Å². The number of carbonyl (C=O) groups is 1. The van der Waals surface area contributed by atoms with Gasteiger partial charge in [-0.25, -0.2) is 9.78 Å². The molecule has 0 bridgehead atoms. The molecule has 0 unspecified atom stereocenters. The highest BCUT2D eigenvalue weighted by Gasteiger charge is 2.56. The smallest absolute Gasteiger partial charge is 0.407 e. The van der Waals surface area contributed by atoms with Crippen LogP contribution in [0, 0.1) is 17.2 Å². The molecule has 0 aliphatic heterocycles. The molecule has 1 heterocycles. The van der Waals surface area contributed by atoms with Crippen molar-refractivity contribution in [3.63, 3.8) is 0 Å². The maximum Gasteiger partial charge on any atom is 0.407 e. The molecule has 0 radical (unpaired) electrons. The number of hydrogen-bond donors (Lipinski definition) is 2.